The maximum atomic E-state index is 9.75. The molecule has 0 atom stereocenters. The van der Waals surface area contributed by atoms with E-state index in [1.54, 1.807) is 0 Å². The van der Waals surface area contributed by atoms with Gasteiger partial charge in [-0.25, -0.2) is 0 Å². The van der Waals surface area contributed by atoms with E-state index in [1.807, 2.05) is 0 Å². The molecule has 0 amide bonds. The second kappa shape index (κ2) is 10.9. The fourth-order valence-corrected chi connectivity index (χ4v) is 3.71. The van der Waals surface area contributed by atoms with Gasteiger partial charge < -0.3 is 17.3 Å². The molecular weight excluding hydrogens is 425 g/mol. The van der Waals surface area contributed by atoms with E-state index in [4.69, 9.17) is 0 Å². The van der Waals surface area contributed by atoms with Crippen molar-refractivity contribution in [2.75, 3.05) is 0 Å². The Balaban J connectivity index is 0.000000555. The van der Waals surface area contributed by atoms with Gasteiger partial charge in [0.05, 0.1) is 0 Å². The van der Waals surface area contributed by atoms with Gasteiger partial charge in [-0.1, -0.05) is 92.7 Å². The molecular formula is C27H26BF4N. The predicted molar refractivity (Wildman–Crippen MR) is 127 cm³/mol. The van der Waals surface area contributed by atoms with Gasteiger partial charge in [0.15, 0.2) is 12.2 Å². The second-order valence-corrected chi connectivity index (χ2v) is 8.01. The van der Waals surface area contributed by atoms with Crippen molar-refractivity contribution in [2.24, 2.45) is 0 Å². The summed E-state index contributed by atoms with van der Waals surface area (Å²) >= 11 is 0. The second-order valence-electron chi connectivity index (χ2n) is 8.01. The number of nitrogens with zero attached hydrogens (tertiary/aromatic N) is 1. The molecule has 0 spiro atoms. The first-order valence-corrected chi connectivity index (χ1v) is 10.8. The summed E-state index contributed by atoms with van der Waals surface area (Å²) in [7, 11) is -6.00. The van der Waals surface area contributed by atoms with Crippen LogP contribution in [0.25, 0.3) is 22.4 Å². The molecule has 0 bridgehead atoms. The standard InChI is InChI=1S/C27H26N.BF4/c1-21(2)26-18-25(23-14-8-4-9-15-23)19-27(24-16-10-5-11-17-24)28(26)20-22-12-6-3-7-13-22;2-1(3,4)5/h3-19,21H,20H2,1-2H3;/q+1;-1. The van der Waals surface area contributed by atoms with Crippen molar-refractivity contribution in [3.63, 3.8) is 0 Å². The van der Waals surface area contributed by atoms with Gasteiger partial charge in [-0.05, 0) is 23.3 Å². The highest BCUT2D eigenvalue weighted by Crippen LogP contribution is 2.28. The van der Waals surface area contributed by atoms with E-state index in [1.165, 1.54) is 33.6 Å². The van der Waals surface area contributed by atoms with Crippen LogP contribution in [-0.2, 0) is 6.54 Å². The highest BCUT2D eigenvalue weighted by Gasteiger charge is 2.23. The number of aromatic nitrogens is 1. The van der Waals surface area contributed by atoms with Crippen molar-refractivity contribution in [3.8, 4) is 22.4 Å². The maximum Gasteiger partial charge on any atom is 0.673 e. The van der Waals surface area contributed by atoms with Crippen LogP contribution < -0.4 is 4.57 Å². The number of halogens is 4. The quantitative estimate of drug-likeness (QED) is 0.166. The predicted octanol–water partition coefficient (Wildman–Crippen LogP) is 7.78. The summed E-state index contributed by atoms with van der Waals surface area (Å²) in [5.74, 6) is 0.426. The zero-order chi connectivity index (χ0) is 23.8. The molecule has 0 unspecified atom stereocenters. The molecule has 6 heteroatoms. The van der Waals surface area contributed by atoms with Gasteiger partial charge in [-0.3, -0.25) is 0 Å². The van der Waals surface area contributed by atoms with E-state index in [0.717, 1.165) is 6.54 Å². The zero-order valence-corrected chi connectivity index (χ0v) is 18.6. The fourth-order valence-electron chi connectivity index (χ4n) is 3.71. The van der Waals surface area contributed by atoms with E-state index >= 15 is 0 Å². The fraction of sp³-hybridized carbons (Fsp3) is 0.148. The van der Waals surface area contributed by atoms with Gasteiger partial charge in [-0.15, -0.1) is 0 Å². The number of rotatable bonds is 5. The molecule has 0 N–H and O–H groups in total. The largest absolute Gasteiger partial charge is 0.673 e. The summed E-state index contributed by atoms with van der Waals surface area (Å²) in [6, 6.07) is 36.8. The smallest absolute Gasteiger partial charge is 0.418 e. The van der Waals surface area contributed by atoms with Crippen molar-refractivity contribution in [1.82, 2.24) is 0 Å². The molecule has 1 aromatic heterocycles. The number of hydrogen-bond donors (Lipinski definition) is 0. The van der Waals surface area contributed by atoms with Crippen LogP contribution in [-0.4, -0.2) is 7.25 Å². The Hall–Kier alpha value is -3.41. The van der Waals surface area contributed by atoms with Crippen LogP contribution in [0.4, 0.5) is 17.3 Å². The maximum absolute atomic E-state index is 9.75. The van der Waals surface area contributed by atoms with Crippen LogP contribution >= 0.6 is 0 Å². The molecule has 0 aliphatic carbocycles. The van der Waals surface area contributed by atoms with Crippen molar-refractivity contribution < 1.29 is 21.8 Å². The third-order valence-corrected chi connectivity index (χ3v) is 5.15. The first-order chi connectivity index (χ1) is 15.7. The van der Waals surface area contributed by atoms with Gasteiger partial charge in [0.1, 0.15) is 0 Å². The van der Waals surface area contributed by atoms with Gasteiger partial charge in [0.25, 0.3) is 0 Å². The van der Waals surface area contributed by atoms with E-state index < -0.39 is 7.25 Å². The number of hydrogen-bond acceptors (Lipinski definition) is 0. The van der Waals surface area contributed by atoms with Gasteiger partial charge >= 0.3 is 7.25 Å². The van der Waals surface area contributed by atoms with Crippen molar-refractivity contribution in [3.05, 3.63) is 114 Å². The molecule has 0 saturated carbocycles. The molecule has 0 saturated heterocycles. The summed E-state index contributed by atoms with van der Waals surface area (Å²) in [4.78, 5) is 0. The topological polar surface area (TPSA) is 3.88 Å². The Bertz CT molecular complexity index is 1140. The van der Waals surface area contributed by atoms with Crippen LogP contribution in [0.5, 0.6) is 0 Å². The molecule has 4 rings (SSSR count). The number of benzene rings is 3. The molecule has 0 aliphatic rings. The Morgan fingerprint density at radius 1 is 0.636 bits per heavy atom. The summed E-state index contributed by atoms with van der Waals surface area (Å²) in [6.45, 7) is 5.42. The highest BCUT2D eigenvalue weighted by molar-refractivity contribution is 6.50. The molecule has 33 heavy (non-hydrogen) atoms. The Morgan fingerprint density at radius 3 is 1.58 bits per heavy atom. The minimum absolute atomic E-state index is 0.426. The van der Waals surface area contributed by atoms with Crippen LogP contribution in [0.3, 0.4) is 0 Å². The van der Waals surface area contributed by atoms with Crippen LogP contribution in [0.1, 0.15) is 31.0 Å². The highest BCUT2D eigenvalue weighted by atomic mass is 19.5. The normalized spacial score (nSPS) is 11.1. The summed E-state index contributed by atoms with van der Waals surface area (Å²) < 4.78 is 41.5. The van der Waals surface area contributed by atoms with Gasteiger partial charge in [0.2, 0.25) is 5.69 Å². The Morgan fingerprint density at radius 2 is 1.09 bits per heavy atom. The minimum atomic E-state index is -6.00. The first kappa shape index (κ1) is 24.2. The van der Waals surface area contributed by atoms with E-state index in [0.29, 0.717) is 5.92 Å². The Kier molecular flexibility index (Phi) is 8.04. The molecule has 3 aromatic carbocycles. The lowest BCUT2D eigenvalue weighted by atomic mass is 9.97. The molecule has 4 aromatic rings. The van der Waals surface area contributed by atoms with Gasteiger partial charge in [-0.2, -0.15) is 4.57 Å². The third kappa shape index (κ3) is 7.31. The lowest BCUT2D eigenvalue weighted by molar-refractivity contribution is -0.686. The molecule has 1 nitrogen and oxygen atoms in total. The average molecular weight is 451 g/mol. The van der Waals surface area contributed by atoms with Crippen LogP contribution in [0.15, 0.2) is 103 Å². The molecule has 0 fully saturated rings. The minimum Gasteiger partial charge on any atom is -0.418 e. The Labute approximate surface area is 192 Å². The lowest BCUT2D eigenvalue weighted by Crippen LogP contribution is -2.42. The first-order valence-electron chi connectivity index (χ1n) is 10.8. The van der Waals surface area contributed by atoms with Crippen molar-refractivity contribution in [1.29, 1.82) is 0 Å². The van der Waals surface area contributed by atoms with E-state index in [9.17, 15) is 17.3 Å². The molecule has 0 aliphatic heterocycles. The zero-order valence-electron chi connectivity index (χ0n) is 18.6. The summed E-state index contributed by atoms with van der Waals surface area (Å²) in [6.07, 6.45) is 0. The van der Waals surface area contributed by atoms with E-state index in [2.05, 4.69) is 122 Å². The lowest BCUT2D eigenvalue weighted by Gasteiger charge is -2.14. The monoisotopic (exact) mass is 451 g/mol. The molecule has 1 heterocycles. The van der Waals surface area contributed by atoms with Crippen LogP contribution in [0, 0.1) is 0 Å². The van der Waals surface area contributed by atoms with Crippen LogP contribution in [0.2, 0.25) is 0 Å². The SMILES string of the molecule is CC(C)c1cc(-c2ccccc2)cc(-c2ccccc2)[n+]1Cc1ccccc1.F[B-](F)(F)F. The molecule has 0 radical (unpaired) electrons. The van der Waals surface area contributed by atoms with Gasteiger partial charge in [0, 0.05) is 29.2 Å². The van der Waals surface area contributed by atoms with E-state index in [-0.39, 0.29) is 0 Å². The molecule has 170 valence electrons. The summed E-state index contributed by atoms with van der Waals surface area (Å²) in [5, 5.41) is 0. The van der Waals surface area contributed by atoms with Crippen molar-refractivity contribution >= 4 is 7.25 Å². The summed E-state index contributed by atoms with van der Waals surface area (Å²) in [5.41, 5.74) is 7.71. The van der Waals surface area contributed by atoms with Crippen molar-refractivity contribution in [2.45, 2.75) is 26.3 Å². The average Bonchev–Trinajstić information content (AvgIpc) is 2.80. The number of pyridine rings is 1. The third-order valence-electron chi connectivity index (χ3n) is 5.15.